The average Bonchev–Trinajstić information content (AvgIpc) is 3.31. The van der Waals surface area contributed by atoms with E-state index in [4.69, 9.17) is 13.6 Å². The lowest BCUT2D eigenvalue weighted by molar-refractivity contribution is 0.219. The zero-order chi connectivity index (χ0) is 17.2. The van der Waals surface area contributed by atoms with Crippen LogP contribution in [0.4, 0.5) is 0 Å². The van der Waals surface area contributed by atoms with Crippen molar-refractivity contribution in [1.82, 2.24) is 5.16 Å². The van der Waals surface area contributed by atoms with Crippen LogP contribution in [-0.2, 0) is 19.8 Å². The molecule has 0 aliphatic heterocycles. The fourth-order valence-electron chi connectivity index (χ4n) is 2.91. The van der Waals surface area contributed by atoms with Crippen LogP contribution in [0.25, 0.3) is 11.3 Å². The summed E-state index contributed by atoms with van der Waals surface area (Å²) in [4.78, 5) is 0. The van der Waals surface area contributed by atoms with Gasteiger partial charge in [0.05, 0.1) is 19.4 Å². The molecule has 0 saturated heterocycles. The second kappa shape index (κ2) is 7.22. The fourth-order valence-corrected chi connectivity index (χ4v) is 4.64. The van der Waals surface area contributed by atoms with E-state index in [-0.39, 0.29) is 6.16 Å². The fraction of sp³-hybridized carbons (Fsp3) is 0.500. The van der Waals surface area contributed by atoms with Crippen LogP contribution in [0.1, 0.15) is 49.5 Å². The van der Waals surface area contributed by atoms with Gasteiger partial charge >= 0.3 is 7.60 Å². The predicted octanol–water partition coefficient (Wildman–Crippen LogP) is 5.29. The minimum Gasteiger partial charge on any atom is -0.360 e. The van der Waals surface area contributed by atoms with Crippen LogP contribution >= 0.6 is 7.60 Å². The van der Waals surface area contributed by atoms with Gasteiger partial charge in [-0.15, -0.1) is 0 Å². The van der Waals surface area contributed by atoms with E-state index < -0.39 is 7.60 Å². The maximum absolute atomic E-state index is 13.0. The zero-order valence-corrected chi connectivity index (χ0v) is 15.3. The van der Waals surface area contributed by atoms with Crippen LogP contribution in [0.3, 0.4) is 0 Å². The third-order valence-electron chi connectivity index (χ3n) is 4.17. The van der Waals surface area contributed by atoms with Gasteiger partial charge in [0.2, 0.25) is 0 Å². The van der Waals surface area contributed by atoms with Gasteiger partial charge in [-0.25, -0.2) is 0 Å². The molecule has 0 amide bonds. The Bertz CT molecular complexity index is 741. The molecule has 6 heteroatoms. The predicted molar refractivity (Wildman–Crippen MR) is 93.2 cm³/mol. The Balaban J connectivity index is 2.03. The number of hydrogen-bond donors (Lipinski definition) is 0. The Morgan fingerprint density at radius 2 is 1.88 bits per heavy atom. The van der Waals surface area contributed by atoms with Gasteiger partial charge in [-0.1, -0.05) is 29.4 Å². The number of nitrogens with zero attached hydrogens (tertiary/aromatic N) is 1. The van der Waals surface area contributed by atoms with Gasteiger partial charge in [0.15, 0.2) is 0 Å². The third kappa shape index (κ3) is 3.64. The average molecular weight is 349 g/mol. The lowest BCUT2D eigenvalue weighted by Gasteiger charge is -2.17. The normalized spacial score (nSPS) is 15.0. The molecule has 5 nitrogen and oxygen atoms in total. The smallest absolute Gasteiger partial charge is 0.335 e. The molecule has 0 radical (unpaired) electrons. The standard InChI is InChI=1S/C18H24NO4P/c1-4-21-24(20,22-5-2)12-16-17(15-9-7-6-8-13(15)3)19-23-18(16)14-10-11-14/h6-9,14H,4-5,10-12H2,1-3H3. The summed E-state index contributed by atoms with van der Waals surface area (Å²) in [6, 6.07) is 8.02. The van der Waals surface area contributed by atoms with Crippen molar-refractivity contribution in [1.29, 1.82) is 0 Å². The van der Waals surface area contributed by atoms with Gasteiger partial charge < -0.3 is 13.6 Å². The van der Waals surface area contributed by atoms with Crippen molar-refractivity contribution in [3.63, 3.8) is 0 Å². The largest absolute Gasteiger partial charge is 0.360 e. The van der Waals surface area contributed by atoms with E-state index in [1.54, 1.807) is 0 Å². The lowest BCUT2D eigenvalue weighted by Crippen LogP contribution is -2.01. The van der Waals surface area contributed by atoms with E-state index in [9.17, 15) is 4.57 Å². The molecule has 1 aromatic heterocycles. The van der Waals surface area contributed by atoms with Gasteiger partial charge in [-0.05, 0) is 39.2 Å². The summed E-state index contributed by atoms with van der Waals surface area (Å²) in [5.74, 6) is 1.22. The lowest BCUT2D eigenvalue weighted by atomic mass is 10.0. The monoisotopic (exact) mass is 349 g/mol. The molecule has 0 N–H and O–H groups in total. The Labute approximate surface area is 142 Å². The summed E-state index contributed by atoms with van der Waals surface area (Å²) in [5.41, 5.74) is 3.74. The highest BCUT2D eigenvalue weighted by Gasteiger charge is 2.36. The van der Waals surface area contributed by atoms with Crippen molar-refractivity contribution in [3.05, 3.63) is 41.2 Å². The maximum Gasteiger partial charge on any atom is 0.335 e. The third-order valence-corrected chi connectivity index (χ3v) is 6.18. The SMILES string of the molecule is CCOP(=O)(Cc1c(-c2ccccc2C)noc1C1CC1)OCC. The summed E-state index contributed by atoms with van der Waals surface area (Å²) >= 11 is 0. The van der Waals surface area contributed by atoms with Crippen LogP contribution < -0.4 is 0 Å². The summed E-state index contributed by atoms with van der Waals surface area (Å²) < 4.78 is 29.6. The molecule has 0 spiro atoms. The number of aryl methyl sites for hydroxylation is 1. The number of benzene rings is 1. The summed E-state index contributed by atoms with van der Waals surface area (Å²) in [7, 11) is -3.21. The molecule has 3 rings (SSSR count). The van der Waals surface area contributed by atoms with E-state index in [0.29, 0.717) is 19.1 Å². The van der Waals surface area contributed by atoms with Crippen molar-refractivity contribution >= 4 is 7.60 Å². The van der Waals surface area contributed by atoms with Crippen molar-refractivity contribution in [2.75, 3.05) is 13.2 Å². The van der Waals surface area contributed by atoms with Gasteiger partial charge in [0.25, 0.3) is 0 Å². The molecule has 0 bridgehead atoms. The van der Waals surface area contributed by atoms with Crippen LogP contribution in [0.15, 0.2) is 28.8 Å². The van der Waals surface area contributed by atoms with E-state index >= 15 is 0 Å². The summed E-state index contributed by atoms with van der Waals surface area (Å²) in [6.45, 7) is 6.38. The number of aromatic nitrogens is 1. The zero-order valence-electron chi connectivity index (χ0n) is 14.4. The number of hydrogen-bond acceptors (Lipinski definition) is 5. The molecular formula is C18H24NO4P. The second-order valence-corrected chi connectivity index (χ2v) is 8.12. The molecule has 0 atom stereocenters. The van der Waals surface area contributed by atoms with Gasteiger partial charge in [-0.2, -0.15) is 0 Å². The van der Waals surface area contributed by atoms with E-state index in [0.717, 1.165) is 41.0 Å². The molecule has 1 heterocycles. The second-order valence-electron chi connectivity index (χ2n) is 6.07. The highest BCUT2D eigenvalue weighted by Crippen LogP contribution is 2.55. The highest BCUT2D eigenvalue weighted by atomic mass is 31.2. The molecule has 24 heavy (non-hydrogen) atoms. The molecular weight excluding hydrogens is 325 g/mol. The van der Waals surface area contributed by atoms with Gasteiger partial charge in [-0.3, -0.25) is 4.57 Å². The molecule has 0 unspecified atom stereocenters. The summed E-state index contributed by atoms with van der Waals surface area (Å²) in [6.07, 6.45) is 2.37. The molecule has 1 aliphatic carbocycles. The topological polar surface area (TPSA) is 61.6 Å². The minimum absolute atomic E-state index is 0.202. The Morgan fingerprint density at radius 3 is 2.46 bits per heavy atom. The number of rotatable bonds is 8. The molecule has 130 valence electrons. The molecule has 1 saturated carbocycles. The molecule has 1 aromatic carbocycles. The van der Waals surface area contributed by atoms with E-state index in [2.05, 4.69) is 5.16 Å². The van der Waals surface area contributed by atoms with Gasteiger partial charge in [0, 0.05) is 17.0 Å². The van der Waals surface area contributed by atoms with E-state index in [1.165, 1.54) is 0 Å². The van der Waals surface area contributed by atoms with Crippen molar-refractivity contribution in [2.45, 2.75) is 45.7 Å². The first-order valence-corrected chi connectivity index (χ1v) is 10.2. The highest BCUT2D eigenvalue weighted by molar-refractivity contribution is 7.53. The van der Waals surface area contributed by atoms with Crippen LogP contribution in [0.2, 0.25) is 0 Å². The first-order valence-electron chi connectivity index (χ1n) is 8.50. The maximum atomic E-state index is 13.0. The Morgan fingerprint density at radius 1 is 1.21 bits per heavy atom. The molecule has 1 fully saturated rings. The van der Waals surface area contributed by atoms with Crippen LogP contribution in [0.5, 0.6) is 0 Å². The minimum atomic E-state index is -3.21. The first kappa shape index (κ1) is 17.4. The van der Waals surface area contributed by atoms with Crippen molar-refractivity contribution < 1.29 is 18.1 Å². The van der Waals surface area contributed by atoms with Crippen LogP contribution in [-0.4, -0.2) is 18.4 Å². The van der Waals surface area contributed by atoms with Crippen LogP contribution in [0, 0.1) is 6.92 Å². The summed E-state index contributed by atoms with van der Waals surface area (Å²) in [5, 5.41) is 4.31. The Kier molecular flexibility index (Phi) is 5.24. The van der Waals surface area contributed by atoms with Crippen molar-refractivity contribution in [2.24, 2.45) is 0 Å². The van der Waals surface area contributed by atoms with Gasteiger partial charge in [0.1, 0.15) is 11.5 Å². The quantitative estimate of drug-likeness (QED) is 0.606. The molecule has 2 aromatic rings. The molecule has 1 aliphatic rings. The van der Waals surface area contributed by atoms with Crippen molar-refractivity contribution in [3.8, 4) is 11.3 Å². The first-order chi connectivity index (χ1) is 11.6. The van der Waals surface area contributed by atoms with E-state index in [1.807, 2.05) is 45.0 Å². The Hall–Kier alpha value is -1.42.